The van der Waals surface area contributed by atoms with Crippen molar-refractivity contribution in [1.29, 1.82) is 0 Å². The minimum absolute atomic E-state index is 0.00226. The van der Waals surface area contributed by atoms with Gasteiger partial charge in [-0.2, -0.15) is 26.3 Å². The van der Waals surface area contributed by atoms with Crippen molar-refractivity contribution in [2.45, 2.75) is 67.4 Å². The first-order valence-electron chi connectivity index (χ1n) is 14.3. The normalized spacial score (nSPS) is 15.6. The molecule has 1 atom stereocenters. The summed E-state index contributed by atoms with van der Waals surface area (Å²) in [5, 5.41) is 12.0. The molecular weight excluding hydrogens is 727 g/mol. The van der Waals surface area contributed by atoms with E-state index in [0.717, 1.165) is 17.7 Å². The van der Waals surface area contributed by atoms with Crippen LogP contribution in [0.1, 0.15) is 37.8 Å². The summed E-state index contributed by atoms with van der Waals surface area (Å²) < 4.78 is 157. The van der Waals surface area contributed by atoms with E-state index in [-0.39, 0.29) is 21.9 Å². The number of carbonyl (C=O) groups excluding carboxylic acids is 2. The quantitative estimate of drug-likeness (QED) is 0.304. The second kappa shape index (κ2) is 13.3. The molecule has 20 heteroatoms. The molecular formula is C30H27F7N3O8S2-. The summed E-state index contributed by atoms with van der Waals surface area (Å²) in [6.07, 6.45) is -15.2. The maximum atomic E-state index is 14.1. The molecule has 11 nitrogen and oxygen atoms in total. The van der Waals surface area contributed by atoms with Crippen molar-refractivity contribution in [2.75, 3.05) is 15.7 Å². The summed E-state index contributed by atoms with van der Waals surface area (Å²) in [6.45, 7) is 1.90. The van der Waals surface area contributed by atoms with E-state index in [9.17, 15) is 62.3 Å². The molecule has 0 saturated carbocycles. The molecule has 0 spiro atoms. The van der Waals surface area contributed by atoms with Crippen molar-refractivity contribution >= 4 is 43.4 Å². The average Bonchev–Trinajstić information content (AvgIpc) is 2.98. The summed E-state index contributed by atoms with van der Waals surface area (Å²) in [5.41, 5.74) is -5.72. The summed E-state index contributed by atoms with van der Waals surface area (Å²) in [6, 6.07) is 8.63. The number of anilines is 2. The van der Waals surface area contributed by atoms with Crippen LogP contribution in [0.15, 0.2) is 70.5 Å². The molecule has 0 saturated heterocycles. The molecule has 1 aliphatic heterocycles. The van der Waals surface area contributed by atoms with Gasteiger partial charge in [0.05, 0.1) is 27.6 Å². The summed E-state index contributed by atoms with van der Waals surface area (Å²) in [5.74, 6) is -3.26. The monoisotopic (exact) mass is 754 g/mol. The first-order chi connectivity index (χ1) is 22.9. The Hall–Kier alpha value is -4.59. The van der Waals surface area contributed by atoms with Crippen LogP contribution in [-0.2, 0) is 31.0 Å². The van der Waals surface area contributed by atoms with Crippen molar-refractivity contribution < 1.29 is 67.0 Å². The van der Waals surface area contributed by atoms with E-state index in [1.54, 1.807) is 6.92 Å². The van der Waals surface area contributed by atoms with Crippen LogP contribution in [-0.4, -0.2) is 53.2 Å². The number of fused-ring (bicyclic) bond motifs is 1. The van der Waals surface area contributed by atoms with Crippen molar-refractivity contribution in [3.8, 4) is 5.75 Å². The molecule has 1 heterocycles. The van der Waals surface area contributed by atoms with Gasteiger partial charge in [0.1, 0.15) is 29.3 Å². The van der Waals surface area contributed by atoms with Gasteiger partial charge in [-0.15, -0.1) is 0 Å². The molecule has 2 amide bonds. The zero-order valence-corrected chi connectivity index (χ0v) is 27.7. The molecule has 1 N–H and O–H groups in total. The Balaban J connectivity index is 1.74. The largest absolute Gasteiger partial charge is 0.530 e. The number of rotatable bonds is 9. The van der Waals surface area contributed by atoms with E-state index in [4.69, 9.17) is 4.74 Å². The second-order valence-corrected chi connectivity index (χ2v) is 15.2. The number of nitrogens with zero attached hydrogens (tertiary/aromatic N) is 2. The van der Waals surface area contributed by atoms with E-state index in [1.165, 1.54) is 24.3 Å². The zero-order chi connectivity index (χ0) is 37.6. The number of carboxylic acid groups (broad SMARTS) is 1. The number of hydrogen-bond acceptors (Lipinski definition) is 8. The lowest BCUT2D eigenvalue weighted by Gasteiger charge is -2.42. The maximum absolute atomic E-state index is 14.1. The third-order valence-corrected chi connectivity index (χ3v) is 10.8. The average molecular weight is 755 g/mol. The molecule has 3 aromatic carbocycles. The van der Waals surface area contributed by atoms with Crippen LogP contribution < -0.4 is 23.8 Å². The number of benzene rings is 3. The Morgan fingerprint density at radius 1 is 0.940 bits per heavy atom. The number of nitrogens with one attached hydrogen (secondary N) is 1. The fraction of sp³-hybridized carbons (Fsp3) is 0.333. The maximum Gasteiger partial charge on any atom is 0.419 e. The van der Waals surface area contributed by atoms with Gasteiger partial charge < -0.3 is 19.5 Å². The first kappa shape index (κ1) is 38.2. The van der Waals surface area contributed by atoms with E-state index < -0.39 is 109 Å². The summed E-state index contributed by atoms with van der Waals surface area (Å²) in [7, 11) is -9.47. The lowest BCUT2D eigenvalue weighted by molar-refractivity contribution is -0.254. The van der Waals surface area contributed by atoms with Gasteiger partial charge in [-0.1, -0.05) is 17.7 Å². The number of amides is 2. The van der Waals surface area contributed by atoms with Gasteiger partial charge in [-0.3, -0.25) is 9.10 Å². The third kappa shape index (κ3) is 7.74. The molecule has 4 rings (SSSR count). The zero-order valence-electron chi connectivity index (χ0n) is 26.1. The van der Waals surface area contributed by atoms with E-state index in [2.05, 4.69) is 0 Å². The predicted molar refractivity (Wildman–Crippen MR) is 161 cm³/mol. The molecule has 0 bridgehead atoms. The Morgan fingerprint density at radius 3 is 2.10 bits per heavy atom. The lowest BCUT2D eigenvalue weighted by atomic mass is 10.0. The molecule has 1 aliphatic rings. The van der Waals surface area contributed by atoms with Gasteiger partial charge in [0.2, 0.25) is 5.91 Å². The topological polar surface area (TPSA) is 153 Å². The first-order valence-corrected chi connectivity index (χ1v) is 17.2. The van der Waals surface area contributed by atoms with Crippen molar-refractivity contribution in [3.63, 3.8) is 0 Å². The standard InChI is InChI=1S/C30H28F7N3O8S2/c1-17-4-8-20(9-5-17)49(44,45)38-26(41)13-7-19-16-39(50(46,47)21-10-11-23(31)22(15-21)29(32,33)34)24-14-18(6-12-25(24)48-19)40(27(42)43)28(2,3)30(35,36)37/h4-6,8-12,14-15,19H,7,13,16H2,1-3H3,(H,38,41)(H,42,43)/p-1/t19-/m0/s1. The molecule has 0 fully saturated rings. The molecule has 0 aromatic heterocycles. The van der Waals surface area contributed by atoms with Gasteiger partial charge in [-0.05, 0) is 75.7 Å². The highest BCUT2D eigenvalue weighted by Gasteiger charge is 2.52. The van der Waals surface area contributed by atoms with Crippen LogP contribution in [0.25, 0.3) is 0 Å². The number of alkyl halides is 6. The van der Waals surface area contributed by atoms with Gasteiger partial charge >= 0.3 is 12.4 Å². The van der Waals surface area contributed by atoms with Gasteiger partial charge in [-0.25, -0.2) is 25.9 Å². The van der Waals surface area contributed by atoms with E-state index in [0.29, 0.717) is 30.3 Å². The highest BCUT2D eigenvalue weighted by molar-refractivity contribution is 7.92. The lowest BCUT2D eigenvalue weighted by Crippen LogP contribution is -2.60. The number of aryl methyl sites for hydroxylation is 1. The minimum atomic E-state index is -5.33. The van der Waals surface area contributed by atoms with Crippen LogP contribution in [0.2, 0.25) is 0 Å². The summed E-state index contributed by atoms with van der Waals surface area (Å²) in [4.78, 5) is 23.1. The van der Waals surface area contributed by atoms with E-state index >= 15 is 0 Å². The Bertz CT molecular complexity index is 2020. The SMILES string of the molecule is Cc1ccc(S(=O)(=O)NC(=O)CC[C@H]2CN(S(=O)(=O)c3ccc(F)c(C(F)(F)F)c3)c3cc(N(C(=O)[O-])C(C)(C)C(F)(F)F)ccc3O2)cc1. The molecule has 3 aromatic rings. The van der Waals surface area contributed by atoms with Crippen LogP contribution in [0, 0.1) is 12.7 Å². The fourth-order valence-corrected chi connectivity index (χ4v) is 7.42. The van der Waals surface area contributed by atoms with Gasteiger partial charge in [0.25, 0.3) is 20.0 Å². The number of hydrogen-bond donors (Lipinski definition) is 1. The van der Waals surface area contributed by atoms with Crippen molar-refractivity contribution in [2.24, 2.45) is 0 Å². The number of sulfonamides is 2. The molecule has 50 heavy (non-hydrogen) atoms. The third-order valence-electron chi connectivity index (χ3n) is 7.67. The number of ether oxygens (including phenoxy) is 1. The Labute approximate surface area is 281 Å². The molecule has 0 unspecified atom stereocenters. The number of halogens is 7. The number of carbonyl (C=O) groups is 2. The van der Waals surface area contributed by atoms with E-state index in [1.807, 2.05) is 4.72 Å². The van der Waals surface area contributed by atoms with Crippen molar-refractivity contribution in [3.05, 3.63) is 77.6 Å². The van der Waals surface area contributed by atoms with Crippen LogP contribution >= 0.6 is 0 Å². The second-order valence-electron chi connectivity index (χ2n) is 11.6. The molecule has 272 valence electrons. The molecule has 0 aliphatic carbocycles. The van der Waals surface area contributed by atoms with Crippen molar-refractivity contribution in [1.82, 2.24) is 4.72 Å². The highest BCUT2D eigenvalue weighted by Crippen LogP contribution is 2.44. The smallest absolute Gasteiger partial charge is 0.419 e. The Kier molecular flexibility index (Phi) is 10.1. The van der Waals surface area contributed by atoms with Gasteiger partial charge in [0, 0.05) is 12.1 Å². The predicted octanol–water partition coefficient (Wildman–Crippen LogP) is 4.89. The van der Waals surface area contributed by atoms with Crippen LogP contribution in [0.5, 0.6) is 5.75 Å². The minimum Gasteiger partial charge on any atom is -0.530 e. The highest BCUT2D eigenvalue weighted by atomic mass is 32.2. The Morgan fingerprint density at radius 2 is 1.54 bits per heavy atom. The molecule has 0 radical (unpaired) electrons. The van der Waals surface area contributed by atoms with Gasteiger partial charge in [0.15, 0.2) is 0 Å². The van der Waals surface area contributed by atoms with Crippen LogP contribution in [0.3, 0.4) is 0 Å². The van der Waals surface area contributed by atoms with Crippen LogP contribution in [0.4, 0.5) is 46.9 Å². The summed E-state index contributed by atoms with van der Waals surface area (Å²) >= 11 is 0. The fourth-order valence-electron chi connectivity index (χ4n) is 4.88.